The molecule has 0 unspecified atom stereocenters. The van der Waals surface area contributed by atoms with Crippen LogP contribution in [0.5, 0.6) is 0 Å². The van der Waals surface area contributed by atoms with Gasteiger partial charge in [-0.25, -0.2) is 0 Å². The summed E-state index contributed by atoms with van der Waals surface area (Å²) in [6.07, 6.45) is 7.12. The normalized spacial score (nSPS) is 11.7. The van der Waals surface area contributed by atoms with Gasteiger partial charge in [-0.1, -0.05) is 32.3 Å². The molecular weight excluding hydrogens is 136 g/mol. The van der Waals surface area contributed by atoms with Crippen LogP contribution in [-0.4, -0.2) is 6.61 Å². The monoisotopic (exact) mass is 156 g/mol. The van der Waals surface area contributed by atoms with Crippen LogP contribution in [0.15, 0.2) is 11.8 Å². The lowest BCUT2D eigenvalue weighted by molar-refractivity contribution is 0.206. The van der Waals surface area contributed by atoms with Crippen LogP contribution < -0.4 is 0 Å². The lowest BCUT2D eigenvalue weighted by atomic mass is 10.2. The smallest absolute Gasteiger partial charge is 0.0886 e. The SMILES string of the molecule is C/C=C(\C)OCCCCCC. The fraction of sp³-hybridized carbons (Fsp3) is 0.800. The minimum atomic E-state index is 0.885. The van der Waals surface area contributed by atoms with Gasteiger partial charge in [-0.05, 0) is 20.3 Å². The van der Waals surface area contributed by atoms with E-state index in [4.69, 9.17) is 4.74 Å². The molecule has 0 rings (SSSR count). The van der Waals surface area contributed by atoms with E-state index in [0.717, 1.165) is 12.4 Å². The van der Waals surface area contributed by atoms with E-state index in [1.165, 1.54) is 25.7 Å². The van der Waals surface area contributed by atoms with Crippen molar-refractivity contribution in [3.63, 3.8) is 0 Å². The zero-order chi connectivity index (χ0) is 8.53. The summed E-state index contributed by atoms with van der Waals surface area (Å²) in [5.41, 5.74) is 0. The van der Waals surface area contributed by atoms with E-state index in [-0.39, 0.29) is 0 Å². The van der Waals surface area contributed by atoms with E-state index in [0.29, 0.717) is 0 Å². The molecule has 0 saturated carbocycles. The summed E-state index contributed by atoms with van der Waals surface area (Å²) in [5.74, 6) is 1.04. The Bertz CT molecular complexity index is 105. The Balaban J connectivity index is 3.02. The molecule has 66 valence electrons. The molecule has 0 atom stereocenters. The molecule has 0 aromatic carbocycles. The van der Waals surface area contributed by atoms with Crippen molar-refractivity contribution < 1.29 is 4.74 Å². The minimum Gasteiger partial charge on any atom is -0.499 e. The first-order valence-corrected chi connectivity index (χ1v) is 4.57. The molecular formula is C10H20O. The maximum Gasteiger partial charge on any atom is 0.0886 e. The quantitative estimate of drug-likeness (QED) is 0.422. The summed E-state index contributed by atoms with van der Waals surface area (Å²) in [7, 11) is 0. The third-order valence-electron chi connectivity index (χ3n) is 1.73. The molecule has 0 radical (unpaired) electrons. The molecule has 1 nitrogen and oxygen atoms in total. The van der Waals surface area contributed by atoms with Gasteiger partial charge in [-0.2, -0.15) is 0 Å². The maximum atomic E-state index is 5.40. The minimum absolute atomic E-state index is 0.885. The molecule has 0 saturated heterocycles. The standard InChI is InChI=1S/C10H20O/c1-4-6-7-8-9-11-10(3)5-2/h5H,4,6-9H2,1-3H3/b10-5+. The fourth-order valence-corrected chi connectivity index (χ4v) is 0.845. The van der Waals surface area contributed by atoms with Crippen LogP contribution in [0.3, 0.4) is 0 Å². The maximum absolute atomic E-state index is 5.40. The molecule has 0 heterocycles. The second kappa shape index (κ2) is 7.64. The molecule has 0 fully saturated rings. The van der Waals surface area contributed by atoms with Crippen molar-refractivity contribution in [2.45, 2.75) is 46.5 Å². The topological polar surface area (TPSA) is 9.23 Å². The number of ether oxygens (including phenoxy) is 1. The number of allylic oxidation sites excluding steroid dienone is 2. The van der Waals surface area contributed by atoms with Crippen LogP contribution in [0.4, 0.5) is 0 Å². The van der Waals surface area contributed by atoms with Crippen LogP contribution in [0.25, 0.3) is 0 Å². The Morgan fingerprint density at radius 2 is 2.00 bits per heavy atom. The van der Waals surface area contributed by atoms with Gasteiger partial charge in [0.1, 0.15) is 0 Å². The zero-order valence-corrected chi connectivity index (χ0v) is 8.02. The highest BCUT2D eigenvalue weighted by molar-refractivity contribution is 4.83. The zero-order valence-electron chi connectivity index (χ0n) is 8.02. The largest absolute Gasteiger partial charge is 0.499 e. The highest BCUT2D eigenvalue weighted by Gasteiger charge is 1.88. The lowest BCUT2D eigenvalue weighted by Crippen LogP contribution is -1.91. The first kappa shape index (κ1) is 10.5. The van der Waals surface area contributed by atoms with Crippen molar-refractivity contribution in [2.75, 3.05) is 6.61 Å². The molecule has 1 heteroatoms. The molecule has 0 aliphatic carbocycles. The summed E-state index contributed by atoms with van der Waals surface area (Å²) in [6.45, 7) is 7.11. The molecule has 0 aliphatic rings. The average Bonchev–Trinajstić information content (AvgIpc) is 2.04. The van der Waals surface area contributed by atoms with E-state index in [1.54, 1.807) is 0 Å². The Hall–Kier alpha value is -0.460. The van der Waals surface area contributed by atoms with Gasteiger partial charge in [0.15, 0.2) is 0 Å². The van der Waals surface area contributed by atoms with Gasteiger partial charge < -0.3 is 4.74 Å². The van der Waals surface area contributed by atoms with Crippen molar-refractivity contribution >= 4 is 0 Å². The van der Waals surface area contributed by atoms with E-state index in [1.807, 2.05) is 19.9 Å². The van der Waals surface area contributed by atoms with Gasteiger partial charge >= 0.3 is 0 Å². The Kier molecular flexibility index (Phi) is 7.33. The summed E-state index contributed by atoms with van der Waals surface area (Å²) in [4.78, 5) is 0. The van der Waals surface area contributed by atoms with Crippen LogP contribution in [0.1, 0.15) is 46.5 Å². The summed E-state index contributed by atoms with van der Waals surface area (Å²) < 4.78 is 5.40. The summed E-state index contributed by atoms with van der Waals surface area (Å²) in [5, 5.41) is 0. The van der Waals surface area contributed by atoms with Crippen molar-refractivity contribution in [3.8, 4) is 0 Å². The Labute approximate surface area is 70.4 Å². The highest BCUT2D eigenvalue weighted by Crippen LogP contribution is 2.01. The second-order valence-corrected chi connectivity index (χ2v) is 2.81. The molecule has 0 bridgehead atoms. The molecule has 0 N–H and O–H groups in total. The van der Waals surface area contributed by atoms with Crippen molar-refractivity contribution in [2.24, 2.45) is 0 Å². The van der Waals surface area contributed by atoms with Crippen molar-refractivity contribution in [1.82, 2.24) is 0 Å². The van der Waals surface area contributed by atoms with Crippen LogP contribution >= 0.6 is 0 Å². The summed E-state index contributed by atoms with van der Waals surface area (Å²) >= 11 is 0. The van der Waals surface area contributed by atoms with E-state index in [2.05, 4.69) is 6.92 Å². The van der Waals surface area contributed by atoms with Gasteiger partial charge in [0.05, 0.1) is 12.4 Å². The molecule has 0 aromatic heterocycles. The van der Waals surface area contributed by atoms with Gasteiger partial charge in [-0.3, -0.25) is 0 Å². The third kappa shape index (κ3) is 7.44. The van der Waals surface area contributed by atoms with Crippen LogP contribution in [0.2, 0.25) is 0 Å². The fourth-order valence-electron chi connectivity index (χ4n) is 0.845. The van der Waals surface area contributed by atoms with E-state index < -0.39 is 0 Å². The van der Waals surface area contributed by atoms with Crippen molar-refractivity contribution in [3.05, 3.63) is 11.8 Å². The van der Waals surface area contributed by atoms with Gasteiger partial charge in [-0.15, -0.1) is 0 Å². The van der Waals surface area contributed by atoms with Crippen molar-refractivity contribution in [1.29, 1.82) is 0 Å². The van der Waals surface area contributed by atoms with E-state index in [9.17, 15) is 0 Å². The molecule has 11 heavy (non-hydrogen) atoms. The predicted octanol–water partition coefficient (Wildman–Crippen LogP) is 3.51. The van der Waals surface area contributed by atoms with Crippen LogP contribution in [0, 0.1) is 0 Å². The first-order valence-electron chi connectivity index (χ1n) is 4.57. The predicted molar refractivity (Wildman–Crippen MR) is 49.5 cm³/mol. The molecule has 0 amide bonds. The third-order valence-corrected chi connectivity index (χ3v) is 1.73. The first-order chi connectivity index (χ1) is 5.31. The summed E-state index contributed by atoms with van der Waals surface area (Å²) in [6, 6.07) is 0. The highest BCUT2D eigenvalue weighted by atomic mass is 16.5. The number of hydrogen-bond acceptors (Lipinski definition) is 1. The molecule has 0 aliphatic heterocycles. The molecule has 0 spiro atoms. The van der Waals surface area contributed by atoms with E-state index >= 15 is 0 Å². The molecule has 0 aromatic rings. The second-order valence-electron chi connectivity index (χ2n) is 2.81. The average molecular weight is 156 g/mol. The number of unbranched alkanes of at least 4 members (excludes halogenated alkanes) is 3. The number of rotatable bonds is 6. The van der Waals surface area contributed by atoms with Gasteiger partial charge in [0.25, 0.3) is 0 Å². The lowest BCUT2D eigenvalue weighted by Gasteiger charge is -2.04. The Morgan fingerprint density at radius 1 is 1.27 bits per heavy atom. The Morgan fingerprint density at radius 3 is 2.55 bits per heavy atom. The van der Waals surface area contributed by atoms with Gasteiger partial charge in [0.2, 0.25) is 0 Å². The number of hydrogen-bond donors (Lipinski definition) is 0. The van der Waals surface area contributed by atoms with Crippen LogP contribution in [-0.2, 0) is 4.74 Å². The van der Waals surface area contributed by atoms with Gasteiger partial charge in [0, 0.05) is 0 Å².